The Labute approximate surface area is 137 Å². The van der Waals surface area contributed by atoms with Gasteiger partial charge in [-0.1, -0.05) is 44.2 Å². The fraction of sp³-hybridized carbons (Fsp3) is 0.389. The predicted octanol–water partition coefficient (Wildman–Crippen LogP) is 3.20. The Hall–Kier alpha value is -2.43. The maximum Gasteiger partial charge on any atom is 0.241 e. The second-order valence-electron chi connectivity index (χ2n) is 5.37. The average Bonchev–Trinajstić information content (AvgIpc) is 2.60. The molecule has 5 nitrogen and oxygen atoms in total. The van der Waals surface area contributed by atoms with Gasteiger partial charge in [0.15, 0.2) is 5.82 Å². The Morgan fingerprint density at radius 3 is 2.43 bits per heavy atom. The van der Waals surface area contributed by atoms with E-state index in [-0.39, 0.29) is 12.5 Å². The van der Waals surface area contributed by atoms with Crippen molar-refractivity contribution in [1.82, 2.24) is 14.9 Å². The van der Waals surface area contributed by atoms with Crippen molar-refractivity contribution in [2.45, 2.75) is 26.7 Å². The van der Waals surface area contributed by atoms with Crippen LogP contribution in [0, 0.1) is 0 Å². The highest BCUT2D eigenvalue weighted by Gasteiger charge is 2.11. The molecule has 1 aromatic heterocycles. The van der Waals surface area contributed by atoms with Gasteiger partial charge in [-0.3, -0.25) is 4.79 Å². The zero-order valence-corrected chi connectivity index (χ0v) is 13.8. The summed E-state index contributed by atoms with van der Waals surface area (Å²) in [6.45, 7) is 6.02. The van der Waals surface area contributed by atoms with Crippen molar-refractivity contribution < 1.29 is 4.79 Å². The van der Waals surface area contributed by atoms with Crippen molar-refractivity contribution in [2.24, 2.45) is 0 Å². The summed E-state index contributed by atoms with van der Waals surface area (Å²) >= 11 is 0. The summed E-state index contributed by atoms with van der Waals surface area (Å²) in [6, 6.07) is 11.6. The molecule has 0 radical (unpaired) electrons. The van der Waals surface area contributed by atoms with Gasteiger partial charge < -0.3 is 10.2 Å². The molecule has 0 spiro atoms. The molecule has 1 N–H and O–H groups in total. The summed E-state index contributed by atoms with van der Waals surface area (Å²) in [6.07, 6.45) is 3.65. The van der Waals surface area contributed by atoms with Crippen LogP contribution in [0.25, 0.3) is 11.4 Å². The van der Waals surface area contributed by atoms with E-state index in [1.165, 1.54) is 0 Å². The van der Waals surface area contributed by atoms with Crippen molar-refractivity contribution in [3.8, 4) is 11.4 Å². The molecule has 0 aliphatic carbocycles. The van der Waals surface area contributed by atoms with Crippen LogP contribution >= 0.6 is 0 Å². The summed E-state index contributed by atoms with van der Waals surface area (Å²) in [5.41, 5.74) is 0.959. The van der Waals surface area contributed by atoms with Gasteiger partial charge >= 0.3 is 0 Å². The highest BCUT2D eigenvalue weighted by atomic mass is 16.2. The third-order valence-corrected chi connectivity index (χ3v) is 3.45. The van der Waals surface area contributed by atoms with Crippen molar-refractivity contribution in [2.75, 3.05) is 25.0 Å². The number of anilines is 1. The molecule has 0 saturated carbocycles. The second kappa shape index (κ2) is 8.88. The first-order chi connectivity index (χ1) is 11.2. The molecule has 1 heterocycles. The predicted molar refractivity (Wildman–Crippen MR) is 93.1 cm³/mol. The first kappa shape index (κ1) is 16.9. The smallest absolute Gasteiger partial charge is 0.241 e. The van der Waals surface area contributed by atoms with Crippen LogP contribution in [0.5, 0.6) is 0 Å². The fourth-order valence-corrected chi connectivity index (χ4v) is 2.36. The summed E-state index contributed by atoms with van der Waals surface area (Å²) in [4.78, 5) is 22.9. The van der Waals surface area contributed by atoms with Gasteiger partial charge in [0.1, 0.15) is 5.82 Å². The van der Waals surface area contributed by atoms with Crippen molar-refractivity contribution in [3.05, 3.63) is 42.6 Å². The Balaban J connectivity index is 1.99. The summed E-state index contributed by atoms with van der Waals surface area (Å²) < 4.78 is 0. The normalized spacial score (nSPS) is 10.3. The average molecular weight is 312 g/mol. The van der Waals surface area contributed by atoms with Crippen LogP contribution in [0.1, 0.15) is 26.7 Å². The standard InChI is InChI=1S/C18H24N4O/c1-3-12-22(13-4-2)17(23)14-20-16-10-11-19-18(21-16)15-8-6-5-7-9-15/h5-11H,3-4,12-14H2,1-2H3,(H,19,20,21). The lowest BCUT2D eigenvalue weighted by Gasteiger charge is -2.21. The molecule has 1 aromatic carbocycles. The monoisotopic (exact) mass is 312 g/mol. The van der Waals surface area contributed by atoms with Gasteiger partial charge in [-0.15, -0.1) is 0 Å². The number of hydrogen-bond donors (Lipinski definition) is 1. The third kappa shape index (κ3) is 5.06. The molecule has 122 valence electrons. The molecule has 0 unspecified atom stereocenters. The summed E-state index contributed by atoms with van der Waals surface area (Å²) in [5.74, 6) is 1.43. The van der Waals surface area contributed by atoms with Crippen LogP contribution in [-0.4, -0.2) is 40.4 Å². The van der Waals surface area contributed by atoms with E-state index in [9.17, 15) is 4.79 Å². The lowest BCUT2D eigenvalue weighted by Crippen LogP contribution is -2.36. The van der Waals surface area contributed by atoms with Gasteiger partial charge in [-0.05, 0) is 18.9 Å². The zero-order chi connectivity index (χ0) is 16.5. The van der Waals surface area contributed by atoms with E-state index in [1.807, 2.05) is 35.2 Å². The molecule has 1 amide bonds. The summed E-state index contributed by atoms with van der Waals surface area (Å²) in [5, 5.41) is 3.11. The van der Waals surface area contributed by atoms with Crippen molar-refractivity contribution in [3.63, 3.8) is 0 Å². The fourth-order valence-electron chi connectivity index (χ4n) is 2.36. The lowest BCUT2D eigenvalue weighted by atomic mass is 10.2. The molecular weight excluding hydrogens is 288 g/mol. The molecule has 23 heavy (non-hydrogen) atoms. The van der Waals surface area contributed by atoms with Crippen LogP contribution in [0.4, 0.5) is 5.82 Å². The van der Waals surface area contributed by atoms with Crippen LogP contribution in [0.15, 0.2) is 42.6 Å². The Bertz CT molecular complexity index is 609. The molecule has 2 rings (SSSR count). The highest BCUT2D eigenvalue weighted by molar-refractivity contribution is 5.80. The number of rotatable bonds is 8. The molecule has 0 aliphatic rings. The van der Waals surface area contributed by atoms with Gasteiger partial charge in [0.25, 0.3) is 0 Å². The quantitative estimate of drug-likeness (QED) is 0.813. The van der Waals surface area contributed by atoms with Crippen molar-refractivity contribution >= 4 is 11.7 Å². The van der Waals surface area contributed by atoms with Crippen LogP contribution in [0.3, 0.4) is 0 Å². The molecule has 0 fully saturated rings. The topological polar surface area (TPSA) is 58.1 Å². The highest BCUT2D eigenvalue weighted by Crippen LogP contribution is 2.15. The van der Waals surface area contributed by atoms with E-state index in [0.29, 0.717) is 11.6 Å². The molecule has 5 heteroatoms. The Morgan fingerprint density at radius 2 is 1.78 bits per heavy atom. The number of nitrogens with one attached hydrogen (secondary N) is 1. The SMILES string of the molecule is CCCN(CCC)C(=O)CNc1ccnc(-c2ccccc2)n1. The minimum absolute atomic E-state index is 0.105. The van der Waals surface area contributed by atoms with Gasteiger partial charge in [0.05, 0.1) is 6.54 Å². The Kier molecular flexibility index (Phi) is 6.54. The van der Waals surface area contributed by atoms with Gasteiger partial charge in [-0.25, -0.2) is 9.97 Å². The van der Waals surface area contributed by atoms with Crippen LogP contribution in [-0.2, 0) is 4.79 Å². The summed E-state index contributed by atoms with van der Waals surface area (Å²) in [7, 11) is 0. The first-order valence-corrected chi connectivity index (χ1v) is 8.14. The number of hydrogen-bond acceptors (Lipinski definition) is 4. The largest absolute Gasteiger partial charge is 0.361 e. The molecule has 0 aliphatic heterocycles. The van der Waals surface area contributed by atoms with E-state index >= 15 is 0 Å². The molecule has 0 atom stereocenters. The number of nitrogens with zero attached hydrogens (tertiary/aromatic N) is 3. The number of aromatic nitrogens is 2. The second-order valence-corrected chi connectivity index (χ2v) is 5.37. The van der Waals surface area contributed by atoms with Crippen molar-refractivity contribution in [1.29, 1.82) is 0 Å². The molecular formula is C18H24N4O. The van der Waals surface area contributed by atoms with Gasteiger partial charge in [0, 0.05) is 24.8 Å². The van der Waals surface area contributed by atoms with E-state index in [4.69, 9.17) is 0 Å². The maximum absolute atomic E-state index is 12.3. The van der Waals surface area contributed by atoms with E-state index in [0.717, 1.165) is 31.5 Å². The van der Waals surface area contributed by atoms with Gasteiger partial charge in [-0.2, -0.15) is 0 Å². The van der Waals surface area contributed by atoms with E-state index in [1.54, 1.807) is 12.3 Å². The minimum atomic E-state index is 0.105. The van der Waals surface area contributed by atoms with E-state index in [2.05, 4.69) is 29.1 Å². The molecule has 0 bridgehead atoms. The lowest BCUT2D eigenvalue weighted by molar-refractivity contribution is -0.129. The number of benzene rings is 1. The first-order valence-electron chi connectivity index (χ1n) is 8.14. The molecule has 2 aromatic rings. The van der Waals surface area contributed by atoms with Crippen LogP contribution < -0.4 is 5.32 Å². The Morgan fingerprint density at radius 1 is 1.09 bits per heavy atom. The zero-order valence-electron chi connectivity index (χ0n) is 13.8. The number of carbonyl (C=O) groups is 1. The maximum atomic E-state index is 12.3. The van der Waals surface area contributed by atoms with Crippen LogP contribution in [0.2, 0.25) is 0 Å². The van der Waals surface area contributed by atoms with Gasteiger partial charge in [0.2, 0.25) is 5.91 Å². The van der Waals surface area contributed by atoms with E-state index < -0.39 is 0 Å². The number of carbonyl (C=O) groups excluding carboxylic acids is 1. The minimum Gasteiger partial charge on any atom is -0.361 e. The molecule has 0 saturated heterocycles. The number of amides is 1. The third-order valence-electron chi connectivity index (χ3n) is 3.45.